The zero-order chi connectivity index (χ0) is 16.7. The first kappa shape index (κ1) is 16.9. The lowest BCUT2D eigenvalue weighted by molar-refractivity contribution is 0.0953. The van der Waals surface area contributed by atoms with Crippen LogP contribution >= 0.6 is 0 Å². The summed E-state index contributed by atoms with van der Waals surface area (Å²) in [5.41, 5.74) is 2.60. The Morgan fingerprint density at radius 2 is 2.00 bits per heavy atom. The SMILES string of the molecule is CCCNC(=O)c1ccc(OC)c(COc2cccc(C)c2)c1. The Morgan fingerprint density at radius 3 is 2.70 bits per heavy atom. The lowest BCUT2D eigenvalue weighted by Gasteiger charge is -2.12. The summed E-state index contributed by atoms with van der Waals surface area (Å²) in [5.74, 6) is 1.43. The highest BCUT2D eigenvalue weighted by Crippen LogP contribution is 2.22. The van der Waals surface area contributed by atoms with E-state index in [2.05, 4.69) is 5.32 Å². The van der Waals surface area contributed by atoms with Gasteiger partial charge in [-0.3, -0.25) is 4.79 Å². The van der Waals surface area contributed by atoms with Crippen molar-refractivity contribution in [1.82, 2.24) is 5.32 Å². The van der Waals surface area contributed by atoms with Crippen LogP contribution in [0.25, 0.3) is 0 Å². The Hall–Kier alpha value is -2.49. The van der Waals surface area contributed by atoms with E-state index in [1.165, 1.54) is 0 Å². The first-order valence-corrected chi connectivity index (χ1v) is 7.78. The molecule has 0 bridgehead atoms. The van der Waals surface area contributed by atoms with Crippen LogP contribution in [0.2, 0.25) is 0 Å². The zero-order valence-electron chi connectivity index (χ0n) is 13.9. The van der Waals surface area contributed by atoms with Gasteiger partial charge in [-0.1, -0.05) is 19.1 Å². The van der Waals surface area contributed by atoms with Gasteiger partial charge < -0.3 is 14.8 Å². The van der Waals surface area contributed by atoms with E-state index in [1.807, 2.05) is 44.2 Å². The van der Waals surface area contributed by atoms with Gasteiger partial charge in [0.15, 0.2) is 0 Å². The van der Waals surface area contributed by atoms with Crippen molar-refractivity contribution in [2.45, 2.75) is 26.9 Å². The molecule has 0 saturated heterocycles. The summed E-state index contributed by atoms with van der Waals surface area (Å²) in [7, 11) is 1.61. The number of benzene rings is 2. The maximum Gasteiger partial charge on any atom is 0.251 e. The lowest BCUT2D eigenvalue weighted by atomic mass is 10.1. The lowest BCUT2D eigenvalue weighted by Crippen LogP contribution is -2.24. The highest BCUT2D eigenvalue weighted by atomic mass is 16.5. The van der Waals surface area contributed by atoms with E-state index < -0.39 is 0 Å². The van der Waals surface area contributed by atoms with Crippen molar-refractivity contribution in [1.29, 1.82) is 0 Å². The second-order valence-electron chi connectivity index (χ2n) is 5.39. The van der Waals surface area contributed by atoms with Gasteiger partial charge in [-0.2, -0.15) is 0 Å². The van der Waals surface area contributed by atoms with Crippen molar-refractivity contribution in [2.75, 3.05) is 13.7 Å². The van der Waals surface area contributed by atoms with Crippen molar-refractivity contribution >= 4 is 5.91 Å². The first-order valence-electron chi connectivity index (χ1n) is 7.78. The zero-order valence-corrected chi connectivity index (χ0v) is 13.9. The van der Waals surface area contributed by atoms with E-state index in [-0.39, 0.29) is 5.91 Å². The van der Waals surface area contributed by atoms with Gasteiger partial charge in [0, 0.05) is 17.7 Å². The Labute approximate surface area is 137 Å². The molecule has 4 nitrogen and oxygen atoms in total. The molecule has 0 aliphatic rings. The smallest absolute Gasteiger partial charge is 0.251 e. The third-order valence-electron chi connectivity index (χ3n) is 3.46. The second-order valence-corrected chi connectivity index (χ2v) is 5.39. The fourth-order valence-corrected chi connectivity index (χ4v) is 2.24. The fourth-order valence-electron chi connectivity index (χ4n) is 2.24. The van der Waals surface area contributed by atoms with Crippen LogP contribution in [0.15, 0.2) is 42.5 Å². The molecule has 0 fully saturated rings. The largest absolute Gasteiger partial charge is 0.496 e. The molecule has 1 N–H and O–H groups in total. The number of hydrogen-bond acceptors (Lipinski definition) is 3. The van der Waals surface area contributed by atoms with Crippen LogP contribution < -0.4 is 14.8 Å². The Balaban J connectivity index is 2.13. The number of hydrogen-bond donors (Lipinski definition) is 1. The van der Waals surface area contributed by atoms with Gasteiger partial charge in [-0.05, 0) is 49.2 Å². The molecule has 0 aliphatic carbocycles. The molecule has 2 rings (SSSR count). The number of carbonyl (C=O) groups is 1. The molecular formula is C19H23NO3. The van der Waals surface area contributed by atoms with Crippen molar-refractivity contribution in [3.05, 3.63) is 59.2 Å². The maximum absolute atomic E-state index is 12.1. The first-order chi connectivity index (χ1) is 11.1. The number of aryl methyl sites for hydroxylation is 1. The predicted octanol–water partition coefficient (Wildman–Crippen LogP) is 3.72. The molecule has 2 aromatic rings. The summed E-state index contributed by atoms with van der Waals surface area (Å²) in [4.78, 5) is 12.1. The summed E-state index contributed by atoms with van der Waals surface area (Å²) in [6.07, 6.45) is 0.908. The van der Waals surface area contributed by atoms with Crippen LogP contribution in [0.3, 0.4) is 0 Å². The molecule has 0 radical (unpaired) electrons. The number of nitrogens with one attached hydrogen (secondary N) is 1. The normalized spacial score (nSPS) is 10.2. The molecule has 0 heterocycles. The number of ether oxygens (including phenoxy) is 2. The third-order valence-corrected chi connectivity index (χ3v) is 3.46. The van der Waals surface area contributed by atoms with Gasteiger partial charge in [-0.25, -0.2) is 0 Å². The molecule has 0 saturated carbocycles. The van der Waals surface area contributed by atoms with E-state index in [4.69, 9.17) is 9.47 Å². The molecule has 23 heavy (non-hydrogen) atoms. The Morgan fingerprint density at radius 1 is 1.17 bits per heavy atom. The van der Waals surface area contributed by atoms with E-state index >= 15 is 0 Å². The predicted molar refractivity (Wildman–Crippen MR) is 91.1 cm³/mol. The van der Waals surface area contributed by atoms with Crippen molar-refractivity contribution < 1.29 is 14.3 Å². The van der Waals surface area contributed by atoms with Crippen molar-refractivity contribution in [3.8, 4) is 11.5 Å². The van der Waals surface area contributed by atoms with E-state index in [0.29, 0.717) is 24.5 Å². The molecule has 122 valence electrons. The summed E-state index contributed by atoms with van der Waals surface area (Å²) >= 11 is 0. The van der Waals surface area contributed by atoms with Gasteiger partial charge in [0.25, 0.3) is 5.91 Å². The van der Waals surface area contributed by atoms with E-state index in [9.17, 15) is 4.79 Å². The maximum atomic E-state index is 12.1. The minimum atomic E-state index is -0.0775. The number of methoxy groups -OCH3 is 1. The van der Waals surface area contributed by atoms with Gasteiger partial charge in [-0.15, -0.1) is 0 Å². The van der Waals surface area contributed by atoms with Crippen LogP contribution in [0.1, 0.15) is 34.8 Å². The van der Waals surface area contributed by atoms with Crippen LogP contribution in [0.5, 0.6) is 11.5 Å². The van der Waals surface area contributed by atoms with Crippen LogP contribution in [0, 0.1) is 6.92 Å². The van der Waals surface area contributed by atoms with Gasteiger partial charge in [0.1, 0.15) is 18.1 Å². The van der Waals surface area contributed by atoms with E-state index in [1.54, 1.807) is 19.2 Å². The fraction of sp³-hybridized carbons (Fsp3) is 0.316. The number of amides is 1. The number of rotatable bonds is 7. The van der Waals surface area contributed by atoms with Gasteiger partial charge in [0.05, 0.1) is 7.11 Å². The van der Waals surface area contributed by atoms with Crippen molar-refractivity contribution in [3.63, 3.8) is 0 Å². The van der Waals surface area contributed by atoms with Gasteiger partial charge >= 0.3 is 0 Å². The molecule has 0 unspecified atom stereocenters. The van der Waals surface area contributed by atoms with Gasteiger partial charge in [0.2, 0.25) is 0 Å². The monoisotopic (exact) mass is 313 g/mol. The molecule has 0 aromatic heterocycles. The quantitative estimate of drug-likeness (QED) is 0.847. The average Bonchev–Trinajstić information content (AvgIpc) is 2.57. The van der Waals surface area contributed by atoms with Crippen LogP contribution in [0.4, 0.5) is 0 Å². The molecule has 4 heteroatoms. The average molecular weight is 313 g/mol. The minimum Gasteiger partial charge on any atom is -0.496 e. The molecule has 2 aromatic carbocycles. The van der Waals surface area contributed by atoms with Crippen LogP contribution in [-0.4, -0.2) is 19.6 Å². The van der Waals surface area contributed by atoms with Crippen molar-refractivity contribution in [2.24, 2.45) is 0 Å². The highest BCUT2D eigenvalue weighted by Gasteiger charge is 2.10. The molecule has 0 spiro atoms. The molecular weight excluding hydrogens is 290 g/mol. The molecule has 0 aliphatic heterocycles. The van der Waals surface area contributed by atoms with Crippen LogP contribution in [-0.2, 0) is 6.61 Å². The standard InChI is InChI=1S/C19H23NO3/c1-4-10-20-19(21)15-8-9-18(22-3)16(12-15)13-23-17-7-5-6-14(2)11-17/h5-9,11-12H,4,10,13H2,1-3H3,(H,20,21). The minimum absolute atomic E-state index is 0.0775. The second kappa shape index (κ2) is 8.22. The topological polar surface area (TPSA) is 47.6 Å². The van der Waals surface area contributed by atoms with E-state index in [0.717, 1.165) is 23.3 Å². The molecule has 0 atom stereocenters. The Bertz CT molecular complexity index is 667. The summed E-state index contributed by atoms with van der Waals surface area (Å²) in [5, 5.41) is 2.87. The Kier molecular flexibility index (Phi) is 6.03. The molecule has 1 amide bonds. The number of carbonyl (C=O) groups excluding carboxylic acids is 1. The summed E-state index contributed by atoms with van der Waals surface area (Å²) < 4.78 is 11.2. The summed E-state index contributed by atoms with van der Waals surface area (Å²) in [6.45, 7) is 5.06. The highest BCUT2D eigenvalue weighted by molar-refractivity contribution is 5.94. The third kappa shape index (κ3) is 4.74. The summed E-state index contributed by atoms with van der Waals surface area (Å²) in [6, 6.07) is 13.2.